The van der Waals surface area contributed by atoms with Crippen molar-refractivity contribution in [2.45, 2.75) is 38.6 Å². The molecule has 0 unspecified atom stereocenters. The number of ether oxygens (including phenoxy) is 1. The molecule has 0 amide bonds. The van der Waals surface area contributed by atoms with E-state index in [9.17, 15) is 5.26 Å². The highest BCUT2D eigenvalue weighted by atomic mass is 16.5. The lowest BCUT2D eigenvalue weighted by Crippen LogP contribution is -2.19. The molecule has 1 fully saturated rings. The molecule has 0 saturated heterocycles. The van der Waals surface area contributed by atoms with Gasteiger partial charge in [0.15, 0.2) is 0 Å². The van der Waals surface area contributed by atoms with E-state index >= 15 is 0 Å². The third-order valence-corrected chi connectivity index (χ3v) is 6.47. The zero-order chi connectivity index (χ0) is 24.3. The summed E-state index contributed by atoms with van der Waals surface area (Å²) >= 11 is 0. The van der Waals surface area contributed by atoms with E-state index in [1.165, 1.54) is 32.1 Å². The number of aliphatic hydroxyl groups excluding tert-OH is 1. The fraction of sp³-hybridized carbons (Fsp3) is 0.323. The Kier molecular flexibility index (Phi) is 8.96. The average Bonchev–Trinajstić information content (AvgIpc) is 2.92. The van der Waals surface area contributed by atoms with E-state index in [4.69, 9.17) is 9.84 Å². The zero-order valence-electron chi connectivity index (χ0n) is 20.1. The minimum Gasteiger partial charge on any atom is -0.493 e. The van der Waals surface area contributed by atoms with Crippen LogP contribution >= 0.6 is 0 Å². The number of aliphatic hydroxyl groups is 1. The predicted molar refractivity (Wildman–Crippen MR) is 140 cm³/mol. The van der Waals surface area contributed by atoms with Gasteiger partial charge in [0.05, 0.1) is 18.8 Å². The second kappa shape index (κ2) is 12.8. The lowest BCUT2D eigenvalue weighted by atomic mass is 9.90. The molecule has 4 nitrogen and oxygen atoms in total. The summed E-state index contributed by atoms with van der Waals surface area (Å²) < 4.78 is 6.30. The van der Waals surface area contributed by atoms with Crippen LogP contribution in [0.1, 0.15) is 54.4 Å². The molecule has 0 aromatic heterocycles. The molecule has 0 heterocycles. The Morgan fingerprint density at radius 2 is 1.77 bits per heavy atom. The number of benzene rings is 3. The maximum absolute atomic E-state index is 9.87. The molecule has 1 saturated carbocycles. The number of nitrogens with one attached hydrogen (secondary N) is 1. The minimum atomic E-state index is 0.102. The van der Waals surface area contributed by atoms with Gasteiger partial charge >= 0.3 is 0 Å². The van der Waals surface area contributed by atoms with Crippen molar-refractivity contribution >= 4 is 0 Å². The Balaban J connectivity index is 1.59. The zero-order valence-corrected chi connectivity index (χ0v) is 20.1. The van der Waals surface area contributed by atoms with Crippen molar-refractivity contribution in [3.63, 3.8) is 0 Å². The molecule has 0 aliphatic heterocycles. The molecule has 1 aliphatic carbocycles. The number of nitriles is 1. The molecule has 1 aliphatic rings. The molecule has 0 atom stereocenters. The molecule has 0 spiro atoms. The van der Waals surface area contributed by atoms with E-state index in [1.807, 2.05) is 66.7 Å². The van der Waals surface area contributed by atoms with E-state index in [1.54, 1.807) is 0 Å². The van der Waals surface area contributed by atoms with E-state index in [0.717, 1.165) is 34.6 Å². The summed E-state index contributed by atoms with van der Waals surface area (Å²) in [6.45, 7) is 2.00. The number of hydrogen-bond donors (Lipinski definition) is 2. The van der Waals surface area contributed by atoms with Crippen LogP contribution in [0.15, 0.2) is 66.7 Å². The highest BCUT2D eigenvalue weighted by molar-refractivity contribution is 5.74. The summed E-state index contributed by atoms with van der Waals surface area (Å²) in [5, 5.41) is 22.2. The summed E-state index contributed by atoms with van der Waals surface area (Å²) in [5.74, 6) is 7.91. The fourth-order valence-electron chi connectivity index (χ4n) is 4.55. The molecule has 4 heteroatoms. The van der Waals surface area contributed by atoms with Crippen molar-refractivity contribution in [2.24, 2.45) is 5.92 Å². The smallest absolute Gasteiger partial charge is 0.125 e. The molecule has 0 radical (unpaired) electrons. The maximum atomic E-state index is 9.87. The Hall–Kier alpha value is -3.57. The van der Waals surface area contributed by atoms with Gasteiger partial charge in [-0.3, -0.25) is 0 Å². The summed E-state index contributed by atoms with van der Waals surface area (Å²) in [6, 6.07) is 24.1. The number of rotatable bonds is 8. The van der Waals surface area contributed by atoms with Crippen LogP contribution in [0.3, 0.4) is 0 Å². The van der Waals surface area contributed by atoms with Gasteiger partial charge < -0.3 is 15.2 Å². The van der Waals surface area contributed by atoms with Crippen LogP contribution in [0.4, 0.5) is 0 Å². The standard InChI is InChI=1S/C31H32N2O2/c32-21-30-27(12-7-13-29(30)26-10-5-2-6-11-26)16-14-24-15-17-28(22-33-18-19-34)31(20-24)35-23-25-8-3-1-4-9-25/h2,5-7,10-13,15,17,20,25,33-34H,1,3-4,8-9,18-19,22-23H2. The average molecular weight is 465 g/mol. The van der Waals surface area contributed by atoms with Crippen LogP contribution < -0.4 is 10.1 Å². The van der Waals surface area contributed by atoms with Crippen LogP contribution in [0.2, 0.25) is 0 Å². The van der Waals surface area contributed by atoms with Crippen molar-refractivity contribution in [1.82, 2.24) is 5.32 Å². The number of hydrogen-bond acceptors (Lipinski definition) is 4. The predicted octanol–water partition coefficient (Wildman–Crippen LogP) is 5.67. The molecular formula is C31H32N2O2. The van der Waals surface area contributed by atoms with E-state index in [-0.39, 0.29) is 6.61 Å². The quantitative estimate of drug-likeness (QED) is 0.333. The second-order valence-electron chi connectivity index (χ2n) is 8.99. The van der Waals surface area contributed by atoms with Crippen molar-refractivity contribution in [3.05, 3.63) is 89.0 Å². The first-order valence-electron chi connectivity index (χ1n) is 12.5. The van der Waals surface area contributed by atoms with Crippen LogP contribution in [0.5, 0.6) is 5.75 Å². The van der Waals surface area contributed by atoms with Crippen LogP contribution in [-0.2, 0) is 6.54 Å². The SMILES string of the molecule is N#Cc1c(C#Cc2ccc(CNCCO)c(OCC3CCCCC3)c2)cccc1-c1ccccc1. The molecule has 2 N–H and O–H groups in total. The Morgan fingerprint density at radius 3 is 2.54 bits per heavy atom. The third kappa shape index (κ3) is 6.74. The Morgan fingerprint density at radius 1 is 0.943 bits per heavy atom. The monoisotopic (exact) mass is 464 g/mol. The fourth-order valence-corrected chi connectivity index (χ4v) is 4.55. The normalized spacial score (nSPS) is 13.5. The van der Waals surface area contributed by atoms with Gasteiger partial charge in [0, 0.05) is 35.3 Å². The summed E-state index contributed by atoms with van der Waals surface area (Å²) in [7, 11) is 0. The molecule has 0 bridgehead atoms. The first-order chi connectivity index (χ1) is 17.3. The summed E-state index contributed by atoms with van der Waals surface area (Å²) in [5.41, 5.74) is 5.11. The largest absolute Gasteiger partial charge is 0.493 e. The van der Waals surface area contributed by atoms with Gasteiger partial charge in [-0.15, -0.1) is 0 Å². The number of nitrogens with zero attached hydrogens (tertiary/aromatic N) is 1. The lowest BCUT2D eigenvalue weighted by Gasteiger charge is -2.22. The third-order valence-electron chi connectivity index (χ3n) is 6.47. The molecule has 3 aromatic carbocycles. The Bertz CT molecular complexity index is 1210. The van der Waals surface area contributed by atoms with E-state index < -0.39 is 0 Å². The highest BCUT2D eigenvalue weighted by Gasteiger charge is 2.15. The van der Waals surface area contributed by atoms with Crippen LogP contribution in [0, 0.1) is 29.1 Å². The highest BCUT2D eigenvalue weighted by Crippen LogP contribution is 2.28. The van der Waals surface area contributed by atoms with Gasteiger partial charge in [0.2, 0.25) is 0 Å². The molecular weight excluding hydrogens is 432 g/mol. The van der Waals surface area contributed by atoms with Gasteiger partial charge in [-0.2, -0.15) is 5.26 Å². The van der Waals surface area contributed by atoms with Crippen molar-refractivity contribution < 1.29 is 9.84 Å². The van der Waals surface area contributed by atoms with E-state index in [0.29, 0.717) is 30.1 Å². The second-order valence-corrected chi connectivity index (χ2v) is 8.99. The maximum Gasteiger partial charge on any atom is 0.125 e. The summed E-state index contributed by atoms with van der Waals surface area (Å²) in [4.78, 5) is 0. The molecule has 178 valence electrons. The van der Waals surface area contributed by atoms with Gasteiger partial charge in [-0.25, -0.2) is 0 Å². The Labute approximate surface area is 208 Å². The van der Waals surface area contributed by atoms with E-state index in [2.05, 4.69) is 23.2 Å². The van der Waals surface area contributed by atoms with Crippen molar-refractivity contribution in [2.75, 3.05) is 19.8 Å². The lowest BCUT2D eigenvalue weighted by molar-refractivity contribution is 0.207. The van der Waals surface area contributed by atoms with Crippen molar-refractivity contribution in [1.29, 1.82) is 5.26 Å². The van der Waals surface area contributed by atoms with Crippen molar-refractivity contribution in [3.8, 4) is 34.8 Å². The first-order valence-corrected chi connectivity index (χ1v) is 12.5. The van der Waals surface area contributed by atoms with Gasteiger partial charge in [-0.05, 0) is 42.5 Å². The van der Waals surface area contributed by atoms with Crippen LogP contribution in [0.25, 0.3) is 11.1 Å². The molecule has 3 aromatic rings. The van der Waals surface area contributed by atoms with Gasteiger partial charge in [0.25, 0.3) is 0 Å². The van der Waals surface area contributed by atoms with Gasteiger partial charge in [0.1, 0.15) is 11.8 Å². The summed E-state index contributed by atoms with van der Waals surface area (Å²) in [6.07, 6.45) is 6.36. The molecule has 4 rings (SSSR count). The van der Waals surface area contributed by atoms with Crippen LogP contribution in [-0.4, -0.2) is 24.9 Å². The topological polar surface area (TPSA) is 65.3 Å². The molecule has 35 heavy (non-hydrogen) atoms. The minimum absolute atomic E-state index is 0.102. The van der Waals surface area contributed by atoms with Gasteiger partial charge in [-0.1, -0.05) is 79.6 Å². The first kappa shape index (κ1) is 24.6.